The molecule has 1 fully saturated rings. The number of nitrogens with zero attached hydrogens (tertiary/aromatic N) is 3. The lowest BCUT2D eigenvalue weighted by Crippen LogP contribution is -2.42. The minimum Gasteiger partial charge on any atom is -0.612 e. The minimum atomic E-state index is -2.74. The van der Waals surface area contributed by atoms with E-state index in [1.165, 1.54) is 0 Å². The summed E-state index contributed by atoms with van der Waals surface area (Å²) in [6.07, 6.45) is 2.05. The van der Waals surface area contributed by atoms with Crippen LogP contribution in [-0.4, -0.2) is 109 Å². The lowest BCUT2D eigenvalue weighted by molar-refractivity contribution is -0.170. The van der Waals surface area contributed by atoms with E-state index in [0.717, 1.165) is 60.8 Å². The van der Waals surface area contributed by atoms with Crippen LogP contribution in [-0.2, 0) is 25.6 Å². The number of amides is 1. The number of likely N-dealkylation sites (tertiary alicyclic amines) is 1. The monoisotopic (exact) mass is 839 g/mol. The van der Waals surface area contributed by atoms with Crippen molar-refractivity contribution in [3.8, 4) is 11.8 Å². The largest absolute Gasteiger partial charge is 0.612 e. The van der Waals surface area contributed by atoms with Crippen molar-refractivity contribution in [3.63, 3.8) is 0 Å². The number of nitriles is 1. The first-order chi connectivity index (χ1) is 26.9. The lowest BCUT2D eigenvalue weighted by atomic mass is 9.88. The van der Waals surface area contributed by atoms with Crippen LogP contribution in [0.2, 0.25) is 10.0 Å². The van der Waals surface area contributed by atoms with E-state index >= 15 is 0 Å². The zero-order chi connectivity index (χ0) is 42.0. The van der Waals surface area contributed by atoms with E-state index < -0.39 is 47.5 Å². The number of carboxylic acid groups (broad SMARTS) is 3. The van der Waals surface area contributed by atoms with Gasteiger partial charge in [0.2, 0.25) is 0 Å². The molecule has 16 heteroatoms. The fourth-order valence-corrected chi connectivity index (χ4v) is 8.09. The van der Waals surface area contributed by atoms with Gasteiger partial charge in [-0.2, -0.15) is 5.26 Å². The van der Waals surface area contributed by atoms with Gasteiger partial charge in [-0.25, -0.2) is 4.79 Å². The Hall–Kier alpha value is -4.88. The summed E-state index contributed by atoms with van der Waals surface area (Å²) in [5, 5.41) is 56.0. The number of rotatable bonds is 14. The average molecular weight is 841 g/mol. The van der Waals surface area contributed by atoms with E-state index in [1.807, 2.05) is 42.5 Å². The number of piperidine rings is 1. The number of aromatic hydroxyl groups is 1. The van der Waals surface area contributed by atoms with E-state index in [9.17, 15) is 34.1 Å². The van der Waals surface area contributed by atoms with Gasteiger partial charge < -0.3 is 39.9 Å². The number of hydrogen-bond acceptors (Lipinski definition) is 9. The van der Waals surface area contributed by atoms with Gasteiger partial charge >= 0.3 is 17.9 Å². The van der Waals surface area contributed by atoms with Crippen molar-refractivity contribution in [2.75, 3.05) is 39.5 Å². The number of likely N-dealkylation sites (N-methyl/N-ethyl adjacent to an activating group) is 1. The molecule has 4 aromatic rings. The zero-order valence-electron chi connectivity index (χ0n) is 31.2. The number of phenolic OH excluding ortho intramolecular Hbond substituents is 1. The van der Waals surface area contributed by atoms with Crippen LogP contribution < -0.4 is 0 Å². The number of aliphatic hydroxyl groups is 1. The molecule has 1 aliphatic rings. The van der Waals surface area contributed by atoms with Crippen LogP contribution in [0.4, 0.5) is 0 Å². The standard InChI is InChI=1S/C35H35Cl2N3O3S.C6H8O7/c1-39(35(42)31-18-23(21-38)17-26-5-3-4-6-29(26)31)22-27(25-7-10-32(36)33(37)19-25)13-16-40-14-11-24(12-15-40)30-9-8-28(41)20-34(30)44(2)43;7-3(8)1-6(13,5(11)12)2-4(9)10/h3-10,17-20,24,27,41H,11-16,22H2,1-2H3;13H,1-2H2,(H,7,8)(H,9,10)(H,11,12)/t27-,44-;/m1./s1. The SMILES string of the molecule is CN(C[C@@H](CCN1CCC(c2ccc(O)cc2[S@@+](C)[O-])CC1)c1ccc(Cl)c(Cl)c1)C(=O)c1cc(C#N)cc2ccccc12.O=C(O)CC(O)(CC(=O)O)C(=O)O. The molecular formula is C41H43Cl2N3O10S. The number of carbonyl (C=O) groups excluding carboxylic acids is 1. The quantitative estimate of drug-likeness (QED) is 0.0878. The van der Waals surface area contributed by atoms with E-state index in [4.69, 9.17) is 43.6 Å². The van der Waals surface area contributed by atoms with E-state index in [-0.39, 0.29) is 17.6 Å². The lowest BCUT2D eigenvalue weighted by Gasteiger charge is -2.34. The molecule has 0 spiro atoms. The van der Waals surface area contributed by atoms with Crippen LogP contribution in [0.1, 0.15) is 71.0 Å². The minimum absolute atomic E-state index is 0.00747. The van der Waals surface area contributed by atoms with Gasteiger partial charge in [0.25, 0.3) is 5.91 Å². The van der Waals surface area contributed by atoms with Gasteiger partial charge in [-0.1, -0.05) is 59.6 Å². The third-order valence-electron chi connectivity index (χ3n) is 9.89. The van der Waals surface area contributed by atoms with Gasteiger partial charge in [-0.05, 0) is 103 Å². The van der Waals surface area contributed by atoms with Gasteiger partial charge in [-0.3, -0.25) is 14.4 Å². The third kappa shape index (κ3) is 12.1. The molecule has 5 rings (SSSR count). The normalized spacial score (nSPS) is 14.5. The topological polar surface area (TPSA) is 223 Å². The molecule has 1 saturated heterocycles. The number of carbonyl (C=O) groups is 4. The summed E-state index contributed by atoms with van der Waals surface area (Å²) in [5.41, 5.74) is 0.305. The van der Waals surface area contributed by atoms with Crippen molar-refractivity contribution in [1.29, 1.82) is 5.26 Å². The molecule has 0 radical (unpaired) electrons. The molecular weight excluding hydrogens is 797 g/mol. The molecule has 0 unspecified atom stereocenters. The van der Waals surface area contributed by atoms with Crippen LogP contribution >= 0.6 is 23.2 Å². The van der Waals surface area contributed by atoms with Crippen LogP contribution in [0.25, 0.3) is 10.8 Å². The Morgan fingerprint density at radius 2 is 1.61 bits per heavy atom. The van der Waals surface area contributed by atoms with E-state index in [0.29, 0.717) is 38.5 Å². The molecule has 2 atom stereocenters. The molecule has 0 aromatic heterocycles. The second-order valence-corrected chi connectivity index (χ2v) is 16.1. The smallest absolute Gasteiger partial charge is 0.336 e. The number of phenols is 1. The second kappa shape index (κ2) is 20.0. The summed E-state index contributed by atoms with van der Waals surface area (Å²) in [6.45, 7) is 3.11. The van der Waals surface area contributed by atoms with Gasteiger partial charge in [0.15, 0.2) is 10.5 Å². The molecule has 57 heavy (non-hydrogen) atoms. The third-order valence-corrected chi connectivity index (χ3v) is 11.6. The van der Waals surface area contributed by atoms with Crippen LogP contribution in [0.5, 0.6) is 5.75 Å². The Kier molecular flexibility index (Phi) is 15.7. The highest BCUT2D eigenvalue weighted by atomic mass is 35.5. The van der Waals surface area contributed by atoms with E-state index in [2.05, 4.69) is 11.0 Å². The highest BCUT2D eigenvalue weighted by Gasteiger charge is 2.40. The van der Waals surface area contributed by atoms with Crippen molar-refractivity contribution in [3.05, 3.63) is 105 Å². The van der Waals surface area contributed by atoms with E-state index in [1.54, 1.807) is 48.5 Å². The summed E-state index contributed by atoms with van der Waals surface area (Å²) in [7, 11) is 1.80. The number of benzene rings is 4. The Morgan fingerprint density at radius 1 is 0.965 bits per heavy atom. The molecule has 302 valence electrons. The highest BCUT2D eigenvalue weighted by Crippen LogP contribution is 2.35. The summed E-state index contributed by atoms with van der Waals surface area (Å²) in [5.74, 6) is -4.72. The van der Waals surface area contributed by atoms with Gasteiger partial charge in [0.05, 0.1) is 34.5 Å². The Morgan fingerprint density at radius 3 is 2.19 bits per heavy atom. The number of fused-ring (bicyclic) bond motifs is 1. The maximum atomic E-state index is 13.8. The Balaban J connectivity index is 0.000000476. The molecule has 0 saturated carbocycles. The first kappa shape index (κ1) is 44.8. The van der Waals surface area contributed by atoms with Crippen LogP contribution in [0.3, 0.4) is 0 Å². The maximum absolute atomic E-state index is 13.8. The van der Waals surface area contributed by atoms with Gasteiger partial charge in [-0.15, -0.1) is 0 Å². The van der Waals surface area contributed by atoms with Gasteiger partial charge in [0.1, 0.15) is 12.0 Å². The highest BCUT2D eigenvalue weighted by molar-refractivity contribution is 7.90. The number of carboxylic acids is 3. The predicted octanol–water partition coefficient (Wildman–Crippen LogP) is 6.34. The fourth-order valence-electron chi connectivity index (χ4n) is 6.93. The van der Waals surface area contributed by atoms with Crippen molar-refractivity contribution in [1.82, 2.24) is 9.80 Å². The first-order valence-electron chi connectivity index (χ1n) is 17.8. The van der Waals surface area contributed by atoms with Crippen molar-refractivity contribution >= 4 is 69.0 Å². The number of hydrogen-bond donors (Lipinski definition) is 5. The first-order valence-corrected chi connectivity index (χ1v) is 20.1. The van der Waals surface area contributed by atoms with Crippen molar-refractivity contribution in [2.45, 2.75) is 54.4 Å². The molecule has 4 aromatic carbocycles. The molecule has 0 aliphatic carbocycles. The van der Waals surface area contributed by atoms with Crippen molar-refractivity contribution < 1.29 is 49.3 Å². The Bertz CT molecular complexity index is 2140. The molecule has 0 bridgehead atoms. The predicted molar refractivity (Wildman–Crippen MR) is 215 cm³/mol. The molecule has 13 nitrogen and oxygen atoms in total. The summed E-state index contributed by atoms with van der Waals surface area (Å²) in [4.78, 5) is 49.2. The Labute approximate surface area is 342 Å². The molecule has 1 amide bonds. The second-order valence-electron chi connectivity index (χ2n) is 14.0. The van der Waals surface area contributed by atoms with Crippen LogP contribution in [0.15, 0.2) is 77.7 Å². The number of halogens is 2. The van der Waals surface area contributed by atoms with Crippen LogP contribution in [0, 0.1) is 11.3 Å². The molecule has 5 N–H and O–H groups in total. The average Bonchev–Trinajstić information content (AvgIpc) is 3.16. The fraction of sp³-hybridized carbons (Fsp3) is 0.341. The van der Waals surface area contributed by atoms with Gasteiger partial charge in [0, 0.05) is 36.7 Å². The maximum Gasteiger partial charge on any atom is 0.336 e. The summed E-state index contributed by atoms with van der Waals surface area (Å²) >= 11 is 11.5. The summed E-state index contributed by atoms with van der Waals surface area (Å²) in [6, 6.07) is 24.2. The summed E-state index contributed by atoms with van der Waals surface area (Å²) < 4.78 is 12.3. The zero-order valence-corrected chi connectivity index (χ0v) is 33.6. The molecule has 1 aliphatic heterocycles. The molecule has 1 heterocycles. The number of aliphatic carboxylic acids is 3. The van der Waals surface area contributed by atoms with Crippen molar-refractivity contribution in [2.24, 2.45) is 0 Å².